The summed E-state index contributed by atoms with van der Waals surface area (Å²) in [4.78, 5) is 19.4. The molecule has 4 rings (SSSR count). The van der Waals surface area contributed by atoms with Gasteiger partial charge in [-0.2, -0.15) is 0 Å². The first-order valence-electron chi connectivity index (χ1n) is 8.81. The normalized spacial score (nSPS) is 16.0. The molecule has 6 heteroatoms. The van der Waals surface area contributed by atoms with E-state index in [0.717, 1.165) is 41.6 Å². The maximum atomic E-state index is 12.3. The van der Waals surface area contributed by atoms with E-state index in [1.807, 2.05) is 41.7 Å². The number of nitrogens with zero attached hydrogens (tertiary/aromatic N) is 2. The fourth-order valence-electron chi connectivity index (χ4n) is 3.36. The van der Waals surface area contributed by atoms with Crippen LogP contribution in [0.5, 0.6) is 0 Å². The zero-order valence-electron chi connectivity index (χ0n) is 14.3. The van der Waals surface area contributed by atoms with E-state index in [1.54, 1.807) is 0 Å². The molecule has 0 spiro atoms. The van der Waals surface area contributed by atoms with Crippen LogP contribution < -0.4 is 5.32 Å². The van der Waals surface area contributed by atoms with E-state index in [9.17, 15) is 4.79 Å². The van der Waals surface area contributed by atoms with Gasteiger partial charge in [-0.25, -0.2) is 4.98 Å². The first-order chi connectivity index (χ1) is 12.7. The van der Waals surface area contributed by atoms with Crippen molar-refractivity contribution in [2.24, 2.45) is 0 Å². The lowest BCUT2D eigenvalue weighted by atomic mass is 9.97. The van der Waals surface area contributed by atoms with Gasteiger partial charge in [-0.1, -0.05) is 24.3 Å². The second-order valence-corrected chi connectivity index (χ2v) is 8.51. The van der Waals surface area contributed by atoms with Gasteiger partial charge >= 0.3 is 0 Å². The molecule has 1 saturated heterocycles. The highest BCUT2D eigenvalue weighted by molar-refractivity contribution is 9.10. The van der Waals surface area contributed by atoms with Gasteiger partial charge in [-0.3, -0.25) is 9.69 Å². The highest BCUT2D eigenvalue weighted by Crippen LogP contribution is 2.33. The summed E-state index contributed by atoms with van der Waals surface area (Å²) in [7, 11) is 0. The van der Waals surface area contributed by atoms with Crippen LogP contribution in [0.3, 0.4) is 0 Å². The van der Waals surface area contributed by atoms with Gasteiger partial charge in [0.05, 0.1) is 27.5 Å². The summed E-state index contributed by atoms with van der Waals surface area (Å²) in [5, 5.41) is 4.22. The van der Waals surface area contributed by atoms with Crippen LogP contribution in [-0.2, 0) is 4.79 Å². The second-order valence-electron chi connectivity index (χ2n) is 6.60. The molecule has 1 fully saturated rings. The number of para-hydroxylation sites is 2. The number of rotatable bonds is 4. The SMILES string of the molecule is O=C(CN1CCC(c2nc3ccccc3s2)CC1)Nc1ccccc1Br. The van der Waals surface area contributed by atoms with Crippen LogP contribution in [0.2, 0.25) is 0 Å². The molecular weight excluding hydrogens is 410 g/mol. The van der Waals surface area contributed by atoms with E-state index in [-0.39, 0.29) is 5.91 Å². The summed E-state index contributed by atoms with van der Waals surface area (Å²) in [5.41, 5.74) is 1.92. The molecule has 1 amide bonds. The van der Waals surface area contributed by atoms with Crippen molar-refractivity contribution in [1.82, 2.24) is 9.88 Å². The van der Waals surface area contributed by atoms with Crippen molar-refractivity contribution >= 4 is 49.1 Å². The van der Waals surface area contributed by atoms with Gasteiger partial charge in [0, 0.05) is 10.4 Å². The molecule has 134 valence electrons. The monoisotopic (exact) mass is 429 g/mol. The average Bonchev–Trinajstić information content (AvgIpc) is 3.08. The third kappa shape index (κ3) is 3.98. The molecule has 1 aliphatic heterocycles. The molecule has 26 heavy (non-hydrogen) atoms. The number of carbonyl (C=O) groups is 1. The molecule has 2 heterocycles. The highest BCUT2D eigenvalue weighted by Gasteiger charge is 2.24. The van der Waals surface area contributed by atoms with Crippen molar-refractivity contribution in [3.63, 3.8) is 0 Å². The number of amides is 1. The van der Waals surface area contributed by atoms with E-state index in [4.69, 9.17) is 4.98 Å². The fraction of sp³-hybridized carbons (Fsp3) is 0.300. The Morgan fingerprint density at radius 2 is 1.88 bits per heavy atom. The van der Waals surface area contributed by atoms with E-state index in [1.165, 1.54) is 9.71 Å². The summed E-state index contributed by atoms with van der Waals surface area (Å²) in [6, 6.07) is 16.0. The van der Waals surface area contributed by atoms with Gasteiger partial charge in [-0.05, 0) is 66.1 Å². The van der Waals surface area contributed by atoms with Crippen molar-refractivity contribution in [2.45, 2.75) is 18.8 Å². The molecule has 0 aliphatic carbocycles. The topological polar surface area (TPSA) is 45.2 Å². The number of likely N-dealkylation sites (tertiary alicyclic amines) is 1. The molecule has 3 aromatic rings. The molecule has 1 aliphatic rings. The third-order valence-corrected chi connectivity index (χ3v) is 6.65. The highest BCUT2D eigenvalue weighted by atomic mass is 79.9. The van der Waals surface area contributed by atoms with Crippen LogP contribution in [0.4, 0.5) is 5.69 Å². The van der Waals surface area contributed by atoms with Crippen LogP contribution in [0, 0.1) is 0 Å². The Morgan fingerprint density at radius 3 is 2.65 bits per heavy atom. The lowest BCUT2D eigenvalue weighted by molar-refractivity contribution is -0.117. The lowest BCUT2D eigenvalue weighted by Crippen LogP contribution is -2.38. The van der Waals surface area contributed by atoms with E-state index < -0.39 is 0 Å². The first-order valence-corrected chi connectivity index (χ1v) is 10.4. The smallest absolute Gasteiger partial charge is 0.238 e. The second kappa shape index (κ2) is 7.86. The maximum Gasteiger partial charge on any atom is 0.238 e. The Hall–Kier alpha value is -1.76. The molecule has 2 aromatic carbocycles. The van der Waals surface area contributed by atoms with Crippen LogP contribution >= 0.6 is 27.3 Å². The van der Waals surface area contributed by atoms with Gasteiger partial charge in [0.1, 0.15) is 0 Å². The number of aromatic nitrogens is 1. The minimum atomic E-state index is 0.0373. The Balaban J connectivity index is 1.32. The molecular formula is C20H20BrN3OS. The van der Waals surface area contributed by atoms with E-state index in [2.05, 4.69) is 44.3 Å². The summed E-state index contributed by atoms with van der Waals surface area (Å²) in [6.07, 6.45) is 2.12. The summed E-state index contributed by atoms with van der Waals surface area (Å²) < 4.78 is 2.17. The average molecular weight is 430 g/mol. The zero-order chi connectivity index (χ0) is 17.9. The number of piperidine rings is 1. The zero-order valence-corrected chi connectivity index (χ0v) is 16.7. The number of anilines is 1. The van der Waals surface area contributed by atoms with Crippen LogP contribution in [-0.4, -0.2) is 35.4 Å². The molecule has 1 aromatic heterocycles. The van der Waals surface area contributed by atoms with Crippen molar-refractivity contribution in [2.75, 3.05) is 25.0 Å². The number of thiazole rings is 1. The number of carbonyl (C=O) groups excluding carboxylic acids is 1. The molecule has 0 radical (unpaired) electrons. The van der Waals surface area contributed by atoms with E-state index in [0.29, 0.717) is 12.5 Å². The predicted octanol–water partition coefficient (Wildman–Crippen LogP) is 4.88. The van der Waals surface area contributed by atoms with Gasteiger partial charge in [0.2, 0.25) is 5.91 Å². The Morgan fingerprint density at radius 1 is 1.15 bits per heavy atom. The molecule has 0 unspecified atom stereocenters. The number of nitrogens with one attached hydrogen (secondary N) is 1. The molecule has 4 nitrogen and oxygen atoms in total. The lowest BCUT2D eigenvalue weighted by Gasteiger charge is -2.30. The largest absolute Gasteiger partial charge is 0.324 e. The van der Waals surface area contributed by atoms with Gasteiger partial charge < -0.3 is 5.32 Å². The van der Waals surface area contributed by atoms with Gasteiger partial charge in [-0.15, -0.1) is 11.3 Å². The Bertz CT molecular complexity index is 885. The summed E-state index contributed by atoms with van der Waals surface area (Å²) in [5.74, 6) is 0.547. The summed E-state index contributed by atoms with van der Waals surface area (Å²) in [6.45, 7) is 2.31. The maximum absolute atomic E-state index is 12.3. The van der Waals surface area contributed by atoms with E-state index >= 15 is 0 Å². The first kappa shape index (κ1) is 17.6. The van der Waals surface area contributed by atoms with Crippen LogP contribution in [0.25, 0.3) is 10.2 Å². The fourth-order valence-corrected chi connectivity index (χ4v) is 4.88. The quantitative estimate of drug-likeness (QED) is 0.642. The van der Waals surface area contributed by atoms with Gasteiger partial charge in [0.15, 0.2) is 0 Å². The third-order valence-electron chi connectivity index (χ3n) is 4.76. The standard InChI is InChI=1S/C20H20BrN3OS/c21-15-5-1-2-6-16(15)22-19(25)13-24-11-9-14(10-12-24)20-23-17-7-3-4-8-18(17)26-20/h1-8,14H,9-13H2,(H,22,25). The van der Waals surface area contributed by atoms with Crippen molar-refractivity contribution in [3.05, 3.63) is 58.0 Å². The summed E-state index contributed by atoms with van der Waals surface area (Å²) >= 11 is 5.27. The molecule has 1 N–H and O–H groups in total. The number of halogens is 1. The minimum Gasteiger partial charge on any atom is -0.324 e. The van der Waals surface area contributed by atoms with Crippen molar-refractivity contribution in [1.29, 1.82) is 0 Å². The predicted molar refractivity (Wildman–Crippen MR) is 111 cm³/mol. The van der Waals surface area contributed by atoms with Gasteiger partial charge in [0.25, 0.3) is 0 Å². The minimum absolute atomic E-state index is 0.0373. The Labute approximate surface area is 165 Å². The van der Waals surface area contributed by atoms with Crippen LogP contribution in [0.1, 0.15) is 23.8 Å². The molecule has 0 atom stereocenters. The van der Waals surface area contributed by atoms with Crippen molar-refractivity contribution in [3.8, 4) is 0 Å². The number of fused-ring (bicyclic) bond motifs is 1. The number of hydrogen-bond donors (Lipinski definition) is 1. The van der Waals surface area contributed by atoms with Crippen LogP contribution in [0.15, 0.2) is 53.0 Å². The number of hydrogen-bond acceptors (Lipinski definition) is 4. The number of benzene rings is 2. The molecule has 0 saturated carbocycles. The van der Waals surface area contributed by atoms with Crippen molar-refractivity contribution < 1.29 is 4.79 Å². The molecule has 0 bridgehead atoms. The Kier molecular flexibility index (Phi) is 5.33.